The summed E-state index contributed by atoms with van der Waals surface area (Å²) in [5.41, 5.74) is 0.598. The zero-order valence-electron chi connectivity index (χ0n) is 15.2. The number of aromatic nitrogens is 1. The predicted molar refractivity (Wildman–Crippen MR) is 98.1 cm³/mol. The van der Waals surface area contributed by atoms with Crippen LogP contribution in [0.3, 0.4) is 0 Å². The van der Waals surface area contributed by atoms with E-state index < -0.39 is 15.3 Å². The fraction of sp³-hybridized carbons (Fsp3) is 0.500. The minimum atomic E-state index is -3.54. The number of sulfonamides is 1. The molecule has 0 aliphatic rings. The second-order valence-electron chi connectivity index (χ2n) is 6.90. The van der Waals surface area contributed by atoms with Gasteiger partial charge in [0.2, 0.25) is 15.9 Å². The van der Waals surface area contributed by atoms with Crippen LogP contribution in [0, 0.1) is 0 Å². The molecule has 7 nitrogen and oxygen atoms in total. The summed E-state index contributed by atoms with van der Waals surface area (Å²) in [7, 11) is -0.592. The molecule has 1 aromatic carbocycles. The van der Waals surface area contributed by atoms with Gasteiger partial charge in [-0.2, -0.15) is 0 Å². The Kier molecular flexibility index (Phi) is 5.50. The summed E-state index contributed by atoms with van der Waals surface area (Å²) < 4.78 is 31.1. The van der Waals surface area contributed by atoms with E-state index in [-0.39, 0.29) is 16.3 Å². The lowest BCUT2D eigenvalue weighted by Crippen LogP contribution is -2.44. The Morgan fingerprint density at radius 2 is 1.96 bits per heavy atom. The monoisotopic (exact) mass is 385 g/mol. The summed E-state index contributed by atoms with van der Waals surface area (Å²) >= 11 is 1.19. The van der Waals surface area contributed by atoms with Crippen LogP contribution in [-0.4, -0.2) is 48.5 Å². The maximum atomic E-state index is 12.2. The highest BCUT2D eigenvalue weighted by atomic mass is 32.2. The third-order valence-corrected chi connectivity index (χ3v) is 6.02. The molecule has 2 rings (SSSR count). The lowest BCUT2D eigenvalue weighted by atomic mass is 10.1. The Morgan fingerprint density at radius 1 is 1.32 bits per heavy atom. The predicted octanol–water partition coefficient (Wildman–Crippen LogP) is 2.47. The number of rotatable bonds is 5. The number of fused-ring (bicyclic) bond motifs is 1. The highest BCUT2D eigenvalue weighted by Gasteiger charge is 2.23. The minimum absolute atomic E-state index is 0.115. The van der Waals surface area contributed by atoms with E-state index in [9.17, 15) is 13.2 Å². The number of carbonyl (C=O) groups excluding carboxylic acids is 1. The van der Waals surface area contributed by atoms with E-state index in [0.29, 0.717) is 16.3 Å². The van der Waals surface area contributed by atoms with Crippen LogP contribution in [0.15, 0.2) is 32.7 Å². The molecular formula is C16H23N3O4S2. The van der Waals surface area contributed by atoms with Crippen molar-refractivity contribution < 1.29 is 17.6 Å². The summed E-state index contributed by atoms with van der Waals surface area (Å²) in [5.74, 6) is -0.115. The van der Waals surface area contributed by atoms with Crippen LogP contribution in [-0.2, 0) is 14.8 Å². The average molecular weight is 386 g/mol. The van der Waals surface area contributed by atoms with Gasteiger partial charge in [0.25, 0.3) is 5.22 Å². The molecule has 2 aromatic rings. The normalized spacial score (nSPS) is 14.0. The Bertz CT molecular complexity index is 882. The molecule has 0 fully saturated rings. The van der Waals surface area contributed by atoms with E-state index in [1.165, 1.54) is 38.0 Å². The fourth-order valence-corrected chi connectivity index (χ4v) is 3.66. The van der Waals surface area contributed by atoms with Gasteiger partial charge in [-0.15, -0.1) is 0 Å². The number of amides is 1. The van der Waals surface area contributed by atoms with Crippen molar-refractivity contribution in [3.8, 4) is 0 Å². The van der Waals surface area contributed by atoms with Crippen LogP contribution in [0.2, 0.25) is 0 Å². The lowest BCUT2D eigenvalue weighted by molar-refractivity contribution is -0.121. The van der Waals surface area contributed by atoms with Gasteiger partial charge >= 0.3 is 0 Å². The van der Waals surface area contributed by atoms with Crippen molar-refractivity contribution in [1.82, 2.24) is 14.6 Å². The van der Waals surface area contributed by atoms with Gasteiger partial charge in [0.1, 0.15) is 5.52 Å². The number of oxazole rings is 1. The quantitative estimate of drug-likeness (QED) is 0.795. The Labute approximate surface area is 152 Å². The lowest BCUT2D eigenvalue weighted by Gasteiger charge is -2.22. The third kappa shape index (κ3) is 4.74. The Morgan fingerprint density at radius 3 is 2.52 bits per heavy atom. The van der Waals surface area contributed by atoms with Crippen LogP contribution >= 0.6 is 11.8 Å². The number of thioether (sulfide) groups is 1. The highest BCUT2D eigenvalue weighted by molar-refractivity contribution is 8.00. The number of hydrogen-bond donors (Lipinski definition) is 1. The summed E-state index contributed by atoms with van der Waals surface area (Å²) in [5, 5.41) is 2.83. The molecule has 25 heavy (non-hydrogen) atoms. The zero-order valence-corrected chi connectivity index (χ0v) is 16.8. The van der Waals surface area contributed by atoms with Gasteiger partial charge in [-0.1, -0.05) is 11.8 Å². The first kappa shape index (κ1) is 19.7. The van der Waals surface area contributed by atoms with E-state index in [2.05, 4.69) is 10.3 Å². The van der Waals surface area contributed by atoms with Crippen molar-refractivity contribution in [2.45, 2.75) is 48.6 Å². The average Bonchev–Trinajstić information content (AvgIpc) is 2.86. The van der Waals surface area contributed by atoms with Gasteiger partial charge in [-0.05, 0) is 45.9 Å². The Balaban J connectivity index is 2.23. The molecule has 0 saturated heterocycles. The van der Waals surface area contributed by atoms with Gasteiger partial charge in [-0.3, -0.25) is 4.79 Å². The van der Waals surface area contributed by atoms with Crippen molar-refractivity contribution in [3.63, 3.8) is 0 Å². The van der Waals surface area contributed by atoms with E-state index in [0.717, 1.165) is 4.31 Å². The summed E-state index contributed by atoms with van der Waals surface area (Å²) in [6, 6.07) is 4.52. The van der Waals surface area contributed by atoms with E-state index >= 15 is 0 Å². The number of benzene rings is 1. The first-order chi connectivity index (χ1) is 11.4. The minimum Gasteiger partial charge on any atom is -0.431 e. The van der Waals surface area contributed by atoms with Gasteiger partial charge in [0.15, 0.2) is 5.58 Å². The number of carbonyl (C=O) groups is 1. The molecule has 1 aromatic heterocycles. The molecule has 1 atom stereocenters. The Hall–Kier alpha value is -1.58. The fourth-order valence-electron chi connectivity index (χ4n) is 1.98. The number of nitrogens with zero attached hydrogens (tertiary/aromatic N) is 2. The molecule has 1 amide bonds. The van der Waals surface area contributed by atoms with Gasteiger partial charge < -0.3 is 9.73 Å². The van der Waals surface area contributed by atoms with E-state index in [4.69, 9.17) is 4.42 Å². The molecule has 9 heteroatoms. The number of hydrogen-bond acceptors (Lipinski definition) is 6. The molecule has 0 radical (unpaired) electrons. The van der Waals surface area contributed by atoms with Gasteiger partial charge in [-0.25, -0.2) is 17.7 Å². The second-order valence-corrected chi connectivity index (χ2v) is 10.3. The maximum Gasteiger partial charge on any atom is 0.257 e. The topological polar surface area (TPSA) is 92.5 Å². The molecule has 0 bridgehead atoms. The first-order valence-electron chi connectivity index (χ1n) is 7.72. The van der Waals surface area contributed by atoms with Gasteiger partial charge in [0, 0.05) is 19.6 Å². The van der Waals surface area contributed by atoms with Crippen molar-refractivity contribution in [1.29, 1.82) is 0 Å². The molecule has 0 aliphatic heterocycles. The van der Waals surface area contributed by atoms with Crippen LogP contribution in [0.25, 0.3) is 11.1 Å². The summed E-state index contributed by atoms with van der Waals surface area (Å²) in [4.78, 5) is 16.6. The summed E-state index contributed by atoms with van der Waals surface area (Å²) in [6.07, 6.45) is 0. The van der Waals surface area contributed by atoms with Crippen molar-refractivity contribution >= 4 is 38.8 Å². The molecular weight excluding hydrogens is 362 g/mol. The van der Waals surface area contributed by atoms with Crippen LogP contribution < -0.4 is 5.32 Å². The molecule has 0 saturated carbocycles. The van der Waals surface area contributed by atoms with Crippen molar-refractivity contribution in [2.24, 2.45) is 0 Å². The maximum absolute atomic E-state index is 12.2. The smallest absolute Gasteiger partial charge is 0.257 e. The van der Waals surface area contributed by atoms with Crippen molar-refractivity contribution in [3.05, 3.63) is 18.2 Å². The number of nitrogens with one attached hydrogen (secondary N) is 1. The molecule has 138 valence electrons. The van der Waals surface area contributed by atoms with Crippen LogP contribution in [0.1, 0.15) is 27.7 Å². The molecule has 0 unspecified atom stereocenters. The van der Waals surface area contributed by atoms with Gasteiger partial charge in [0.05, 0.1) is 10.1 Å². The molecule has 1 N–H and O–H groups in total. The highest BCUT2D eigenvalue weighted by Crippen LogP contribution is 2.28. The second kappa shape index (κ2) is 6.97. The summed E-state index contributed by atoms with van der Waals surface area (Å²) in [6.45, 7) is 7.50. The molecule has 1 heterocycles. The molecule has 0 aliphatic carbocycles. The van der Waals surface area contributed by atoms with E-state index in [1.54, 1.807) is 13.0 Å². The van der Waals surface area contributed by atoms with E-state index in [1.807, 2.05) is 20.8 Å². The van der Waals surface area contributed by atoms with Crippen LogP contribution in [0.4, 0.5) is 0 Å². The largest absolute Gasteiger partial charge is 0.431 e. The van der Waals surface area contributed by atoms with Crippen LogP contribution in [0.5, 0.6) is 0 Å². The van der Waals surface area contributed by atoms with Crippen molar-refractivity contribution in [2.75, 3.05) is 14.1 Å². The SMILES string of the molecule is C[C@H](Sc1nc2cc(S(=O)(=O)N(C)C)ccc2o1)C(=O)NC(C)(C)C. The third-order valence-electron chi connectivity index (χ3n) is 3.26. The first-order valence-corrected chi connectivity index (χ1v) is 10.0. The standard InChI is InChI=1S/C16H23N3O4S2/c1-10(14(20)18-16(2,3)4)24-15-17-12-9-11(7-8-13(12)23-15)25(21,22)19(5)6/h7-10H,1-6H3,(H,18,20)/t10-/m0/s1. The zero-order chi connectivity index (χ0) is 19.0. The molecule has 0 spiro atoms.